The SMILES string of the molecule is NNC(=O)c1cccc2ncsc12. The van der Waals surface area contributed by atoms with Crippen LogP contribution in [-0.4, -0.2) is 10.9 Å². The molecule has 0 atom stereocenters. The van der Waals surface area contributed by atoms with Gasteiger partial charge in [0.1, 0.15) is 0 Å². The fourth-order valence-electron chi connectivity index (χ4n) is 1.14. The average Bonchev–Trinajstić information content (AvgIpc) is 2.63. The summed E-state index contributed by atoms with van der Waals surface area (Å²) in [6.45, 7) is 0. The Morgan fingerprint density at radius 3 is 3.15 bits per heavy atom. The molecule has 0 saturated carbocycles. The zero-order valence-corrected chi connectivity index (χ0v) is 7.47. The molecule has 0 fully saturated rings. The highest BCUT2D eigenvalue weighted by Gasteiger charge is 2.09. The number of fused-ring (bicyclic) bond motifs is 1. The highest BCUT2D eigenvalue weighted by Crippen LogP contribution is 2.21. The number of nitrogens with one attached hydrogen (secondary N) is 1. The molecule has 1 amide bonds. The first-order valence-corrected chi connectivity index (χ1v) is 4.54. The second kappa shape index (κ2) is 3.12. The van der Waals surface area contributed by atoms with Crippen molar-refractivity contribution in [3.05, 3.63) is 29.3 Å². The van der Waals surface area contributed by atoms with Gasteiger partial charge in [-0.15, -0.1) is 11.3 Å². The third kappa shape index (κ3) is 1.28. The van der Waals surface area contributed by atoms with Crippen LogP contribution in [0.2, 0.25) is 0 Å². The van der Waals surface area contributed by atoms with Crippen LogP contribution in [0, 0.1) is 0 Å². The van der Waals surface area contributed by atoms with Gasteiger partial charge in [0, 0.05) is 0 Å². The molecule has 0 bridgehead atoms. The van der Waals surface area contributed by atoms with E-state index in [2.05, 4.69) is 10.4 Å². The van der Waals surface area contributed by atoms with Crippen molar-refractivity contribution < 1.29 is 4.79 Å². The quantitative estimate of drug-likeness (QED) is 0.401. The smallest absolute Gasteiger partial charge is 0.266 e. The number of nitrogens with two attached hydrogens (primary N) is 1. The number of nitrogens with zero attached hydrogens (tertiary/aromatic N) is 1. The van der Waals surface area contributed by atoms with Gasteiger partial charge in [0.15, 0.2) is 0 Å². The lowest BCUT2D eigenvalue weighted by molar-refractivity contribution is 0.0955. The van der Waals surface area contributed by atoms with Crippen LogP contribution in [-0.2, 0) is 0 Å². The van der Waals surface area contributed by atoms with E-state index in [1.54, 1.807) is 17.6 Å². The zero-order valence-electron chi connectivity index (χ0n) is 6.65. The molecule has 1 aromatic heterocycles. The number of rotatable bonds is 1. The van der Waals surface area contributed by atoms with Crippen molar-refractivity contribution in [2.75, 3.05) is 0 Å². The standard InChI is InChI=1S/C8H7N3OS/c9-11-8(12)5-2-1-3-6-7(5)13-4-10-6/h1-4H,9H2,(H,11,12). The van der Waals surface area contributed by atoms with Crippen LogP contribution < -0.4 is 11.3 Å². The van der Waals surface area contributed by atoms with E-state index in [-0.39, 0.29) is 5.91 Å². The number of thiazole rings is 1. The number of amides is 1. The van der Waals surface area contributed by atoms with Gasteiger partial charge in [-0.05, 0) is 12.1 Å². The summed E-state index contributed by atoms with van der Waals surface area (Å²) in [5, 5.41) is 0. The molecule has 66 valence electrons. The Labute approximate surface area is 78.4 Å². The number of aromatic nitrogens is 1. The minimum Gasteiger partial charge on any atom is -0.290 e. The van der Waals surface area contributed by atoms with Crippen LogP contribution in [0.3, 0.4) is 0 Å². The van der Waals surface area contributed by atoms with Crippen molar-refractivity contribution in [2.24, 2.45) is 5.84 Å². The molecule has 5 heteroatoms. The van der Waals surface area contributed by atoms with Gasteiger partial charge < -0.3 is 0 Å². The Morgan fingerprint density at radius 2 is 2.38 bits per heavy atom. The minimum atomic E-state index is -0.283. The Balaban J connectivity index is 2.67. The Bertz CT molecular complexity index is 451. The van der Waals surface area contributed by atoms with Crippen molar-refractivity contribution in [2.45, 2.75) is 0 Å². The van der Waals surface area contributed by atoms with Gasteiger partial charge in [-0.3, -0.25) is 10.2 Å². The topological polar surface area (TPSA) is 68.0 Å². The lowest BCUT2D eigenvalue weighted by Gasteiger charge is -1.99. The lowest BCUT2D eigenvalue weighted by atomic mass is 10.2. The third-order valence-electron chi connectivity index (χ3n) is 1.73. The fraction of sp³-hybridized carbons (Fsp3) is 0. The van der Waals surface area contributed by atoms with E-state index in [0.717, 1.165) is 10.2 Å². The van der Waals surface area contributed by atoms with E-state index in [1.807, 2.05) is 6.07 Å². The summed E-state index contributed by atoms with van der Waals surface area (Å²) < 4.78 is 0.866. The van der Waals surface area contributed by atoms with Crippen LogP contribution in [0.15, 0.2) is 23.7 Å². The van der Waals surface area contributed by atoms with Gasteiger partial charge in [0.05, 0.1) is 21.3 Å². The molecule has 0 radical (unpaired) electrons. The van der Waals surface area contributed by atoms with E-state index in [1.165, 1.54) is 11.3 Å². The molecule has 4 nitrogen and oxygen atoms in total. The molecule has 0 aliphatic heterocycles. The van der Waals surface area contributed by atoms with E-state index < -0.39 is 0 Å². The summed E-state index contributed by atoms with van der Waals surface area (Å²) in [6.07, 6.45) is 0. The van der Waals surface area contributed by atoms with Crippen LogP contribution in [0.25, 0.3) is 10.2 Å². The Morgan fingerprint density at radius 1 is 1.54 bits per heavy atom. The number of hydrogen-bond acceptors (Lipinski definition) is 4. The van der Waals surface area contributed by atoms with E-state index in [4.69, 9.17) is 5.84 Å². The zero-order chi connectivity index (χ0) is 9.26. The monoisotopic (exact) mass is 193 g/mol. The van der Waals surface area contributed by atoms with Crippen LogP contribution in [0.5, 0.6) is 0 Å². The molecule has 3 N–H and O–H groups in total. The van der Waals surface area contributed by atoms with E-state index >= 15 is 0 Å². The Kier molecular flexibility index (Phi) is 1.96. The van der Waals surface area contributed by atoms with Crippen molar-refractivity contribution in [1.29, 1.82) is 0 Å². The van der Waals surface area contributed by atoms with E-state index in [9.17, 15) is 4.79 Å². The predicted molar refractivity (Wildman–Crippen MR) is 51.3 cm³/mol. The molecule has 2 aromatic rings. The second-order valence-electron chi connectivity index (χ2n) is 2.48. The van der Waals surface area contributed by atoms with Crippen molar-refractivity contribution in [1.82, 2.24) is 10.4 Å². The molecule has 2 rings (SSSR count). The van der Waals surface area contributed by atoms with Gasteiger partial charge in [0.25, 0.3) is 5.91 Å². The van der Waals surface area contributed by atoms with Gasteiger partial charge in [-0.1, -0.05) is 6.07 Å². The summed E-state index contributed by atoms with van der Waals surface area (Å²) in [6, 6.07) is 5.37. The number of carbonyl (C=O) groups excluding carboxylic acids is 1. The summed E-state index contributed by atoms with van der Waals surface area (Å²) >= 11 is 1.43. The first-order valence-electron chi connectivity index (χ1n) is 3.66. The van der Waals surface area contributed by atoms with Crippen molar-refractivity contribution >= 4 is 27.5 Å². The predicted octanol–water partition coefficient (Wildman–Crippen LogP) is 0.900. The lowest BCUT2D eigenvalue weighted by Crippen LogP contribution is -2.29. The molecular formula is C8H7N3OS. The normalized spacial score (nSPS) is 10.2. The molecule has 13 heavy (non-hydrogen) atoms. The van der Waals surface area contributed by atoms with Crippen LogP contribution in [0.1, 0.15) is 10.4 Å². The average molecular weight is 193 g/mol. The summed E-state index contributed by atoms with van der Waals surface area (Å²) in [4.78, 5) is 15.4. The first kappa shape index (κ1) is 8.15. The molecular weight excluding hydrogens is 186 g/mol. The summed E-state index contributed by atoms with van der Waals surface area (Å²) in [5.74, 6) is 4.77. The maximum atomic E-state index is 11.3. The van der Waals surface area contributed by atoms with Gasteiger partial charge in [-0.25, -0.2) is 10.8 Å². The van der Waals surface area contributed by atoms with Crippen LogP contribution >= 0.6 is 11.3 Å². The number of hydrogen-bond donors (Lipinski definition) is 2. The number of hydrazine groups is 1. The van der Waals surface area contributed by atoms with E-state index in [0.29, 0.717) is 5.56 Å². The van der Waals surface area contributed by atoms with Gasteiger partial charge in [-0.2, -0.15) is 0 Å². The van der Waals surface area contributed by atoms with Gasteiger partial charge >= 0.3 is 0 Å². The largest absolute Gasteiger partial charge is 0.290 e. The maximum Gasteiger partial charge on any atom is 0.266 e. The number of nitrogen functional groups attached to an aromatic ring is 1. The molecule has 1 heterocycles. The molecule has 0 aliphatic rings. The molecule has 0 saturated heterocycles. The van der Waals surface area contributed by atoms with Crippen LogP contribution in [0.4, 0.5) is 0 Å². The summed E-state index contributed by atoms with van der Waals surface area (Å²) in [5.41, 5.74) is 5.21. The Hall–Kier alpha value is -1.46. The molecule has 0 aliphatic carbocycles. The molecule has 0 spiro atoms. The third-order valence-corrected chi connectivity index (χ3v) is 2.61. The number of benzene rings is 1. The first-order chi connectivity index (χ1) is 6.33. The van der Waals surface area contributed by atoms with Gasteiger partial charge in [0.2, 0.25) is 0 Å². The fourth-order valence-corrected chi connectivity index (χ4v) is 1.94. The minimum absolute atomic E-state index is 0.283. The molecule has 0 unspecified atom stereocenters. The number of carbonyl (C=O) groups is 1. The summed E-state index contributed by atoms with van der Waals surface area (Å²) in [7, 11) is 0. The highest BCUT2D eigenvalue weighted by atomic mass is 32.1. The molecule has 1 aromatic carbocycles. The second-order valence-corrected chi connectivity index (χ2v) is 3.33. The highest BCUT2D eigenvalue weighted by molar-refractivity contribution is 7.17. The van der Waals surface area contributed by atoms with Crippen molar-refractivity contribution in [3.63, 3.8) is 0 Å². The maximum absolute atomic E-state index is 11.3. The van der Waals surface area contributed by atoms with Crippen molar-refractivity contribution in [3.8, 4) is 0 Å².